The number of ether oxygens (including phenoxy) is 4. The number of hydrogen-bond acceptors (Lipinski definition) is 7. The van der Waals surface area contributed by atoms with Crippen LogP contribution in [-0.4, -0.2) is 40.1 Å². The molecule has 0 atom stereocenters. The van der Waals surface area contributed by atoms with E-state index in [1.807, 2.05) is 6.92 Å². The second-order valence-electron chi connectivity index (χ2n) is 6.31. The maximum absolute atomic E-state index is 14.7. The molecule has 0 unspecified atom stereocenters. The molecule has 0 aliphatic heterocycles. The summed E-state index contributed by atoms with van der Waals surface area (Å²) in [6, 6.07) is 9.90. The summed E-state index contributed by atoms with van der Waals surface area (Å²) in [6.07, 6.45) is 3.51. The van der Waals surface area contributed by atoms with Crippen LogP contribution in [-0.2, 0) is 25.7 Å². The fourth-order valence-electron chi connectivity index (χ4n) is 2.70. The van der Waals surface area contributed by atoms with Gasteiger partial charge in [-0.05, 0) is 29.7 Å². The third-order valence-electron chi connectivity index (χ3n) is 4.14. The molecule has 0 saturated heterocycles. The van der Waals surface area contributed by atoms with Crippen molar-refractivity contribution in [2.75, 3.05) is 27.9 Å². The smallest absolute Gasteiger partial charge is 0.341 e. The number of nitrogens with zero attached hydrogens (tertiary/aromatic N) is 1. The molecule has 0 heterocycles. The number of esters is 1. The van der Waals surface area contributed by atoms with Gasteiger partial charge >= 0.3 is 5.97 Å². The monoisotopic (exact) mass is 431 g/mol. The van der Waals surface area contributed by atoms with Crippen molar-refractivity contribution >= 4 is 17.8 Å². The molecule has 2 aromatic rings. The predicted octanol–water partition coefficient (Wildman–Crippen LogP) is 4.33. The Bertz CT molecular complexity index is 942. The third kappa shape index (κ3) is 6.47. The number of rotatable bonds is 11. The minimum Gasteiger partial charge on any atom is -0.503 e. The van der Waals surface area contributed by atoms with Gasteiger partial charge in [-0.3, -0.25) is 0 Å². The molecule has 0 aromatic heterocycles. The highest BCUT2D eigenvalue weighted by Gasteiger charge is 2.18. The van der Waals surface area contributed by atoms with Gasteiger partial charge in [0, 0.05) is 5.56 Å². The van der Waals surface area contributed by atoms with Crippen molar-refractivity contribution in [1.82, 2.24) is 0 Å². The number of carbonyl (C=O) groups excluding carboxylic acids is 1. The number of hydrogen-bond donors (Lipinski definition) is 0. The Kier molecular flexibility index (Phi) is 9.35. The van der Waals surface area contributed by atoms with Gasteiger partial charge in [0.1, 0.15) is 18.8 Å². The molecule has 2 aromatic carbocycles. The van der Waals surface area contributed by atoms with E-state index in [1.165, 1.54) is 39.9 Å². The molecular formula is C23H26FNO6. The van der Waals surface area contributed by atoms with Crippen molar-refractivity contribution in [3.05, 3.63) is 65.2 Å². The van der Waals surface area contributed by atoms with Crippen LogP contribution in [0.1, 0.15) is 30.0 Å². The molecule has 0 N–H and O–H groups in total. The van der Waals surface area contributed by atoms with Crippen LogP contribution in [0.3, 0.4) is 0 Å². The van der Waals surface area contributed by atoms with Gasteiger partial charge in [0.25, 0.3) is 0 Å². The van der Waals surface area contributed by atoms with Gasteiger partial charge in [0.15, 0.2) is 17.3 Å². The summed E-state index contributed by atoms with van der Waals surface area (Å²) in [5, 5.41) is 3.79. The maximum Gasteiger partial charge on any atom is 0.341 e. The summed E-state index contributed by atoms with van der Waals surface area (Å²) >= 11 is 0. The Hall–Kier alpha value is -3.55. The standard InChI is InChI=1S/C23H26FNO6/c1-5-10-31-25-13-16-11-20(24)22(21(12-16)28-3)30-14-17-8-6-7-9-18(17)19(15-27-2)23(26)29-4/h6-9,11-13,15H,5,10,14H2,1-4H3. The molecule has 8 heteroatoms. The molecule has 0 radical (unpaired) electrons. The highest BCUT2D eigenvalue weighted by molar-refractivity contribution is 6.16. The fraction of sp³-hybridized carbons (Fsp3) is 0.304. The highest BCUT2D eigenvalue weighted by atomic mass is 19.1. The lowest BCUT2D eigenvalue weighted by Gasteiger charge is -2.15. The SMILES string of the molecule is CCCON=Cc1cc(F)c(OCc2ccccc2C(=COC)C(=O)OC)c(OC)c1. The van der Waals surface area contributed by atoms with Crippen molar-refractivity contribution in [3.63, 3.8) is 0 Å². The Balaban J connectivity index is 2.28. The molecular weight excluding hydrogens is 405 g/mol. The molecule has 7 nitrogen and oxygen atoms in total. The largest absolute Gasteiger partial charge is 0.503 e. The summed E-state index contributed by atoms with van der Waals surface area (Å²) in [4.78, 5) is 17.2. The lowest BCUT2D eigenvalue weighted by atomic mass is 10.0. The summed E-state index contributed by atoms with van der Waals surface area (Å²) in [7, 11) is 4.13. The molecule has 166 valence electrons. The van der Waals surface area contributed by atoms with Gasteiger partial charge in [-0.2, -0.15) is 0 Å². The van der Waals surface area contributed by atoms with E-state index in [2.05, 4.69) is 5.16 Å². The molecule has 0 bridgehead atoms. The summed E-state index contributed by atoms with van der Waals surface area (Å²) in [6.45, 7) is 2.41. The molecule has 2 rings (SSSR count). The molecule has 0 spiro atoms. The quantitative estimate of drug-likeness (QED) is 0.132. The van der Waals surface area contributed by atoms with E-state index in [1.54, 1.807) is 30.3 Å². The Morgan fingerprint density at radius 3 is 2.61 bits per heavy atom. The van der Waals surface area contributed by atoms with E-state index in [4.69, 9.17) is 23.8 Å². The van der Waals surface area contributed by atoms with E-state index in [-0.39, 0.29) is 23.7 Å². The van der Waals surface area contributed by atoms with E-state index in [0.717, 1.165) is 6.42 Å². The average molecular weight is 431 g/mol. The van der Waals surface area contributed by atoms with Crippen LogP contribution >= 0.6 is 0 Å². The van der Waals surface area contributed by atoms with E-state index in [9.17, 15) is 9.18 Å². The second-order valence-corrected chi connectivity index (χ2v) is 6.31. The minimum atomic E-state index is -0.616. The number of benzene rings is 2. The predicted molar refractivity (Wildman–Crippen MR) is 115 cm³/mol. The van der Waals surface area contributed by atoms with Crippen LogP contribution in [0.15, 0.2) is 47.8 Å². The van der Waals surface area contributed by atoms with Gasteiger partial charge in [-0.25, -0.2) is 9.18 Å². The van der Waals surface area contributed by atoms with Crippen LogP contribution in [0.5, 0.6) is 11.5 Å². The lowest BCUT2D eigenvalue weighted by Crippen LogP contribution is -2.09. The molecule has 0 aliphatic carbocycles. The first-order valence-corrected chi connectivity index (χ1v) is 9.60. The van der Waals surface area contributed by atoms with Crippen LogP contribution in [0.2, 0.25) is 0 Å². The third-order valence-corrected chi connectivity index (χ3v) is 4.14. The lowest BCUT2D eigenvalue weighted by molar-refractivity contribution is -0.133. The first-order chi connectivity index (χ1) is 15.0. The molecule has 0 saturated carbocycles. The maximum atomic E-state index is 14.7. The minimum absolute atomic E-state index is 0.0193. The van der Waals surface area contributed by atoms with E-state index in [0.29, 0.717) is 23.3 Å². The van der Waals surface area contributed by atoms with Crippen LogP contribution in [0, 0.1) is 5.82 Å². The normalized spacial score (nSPS) is 11.3. The number of carbonyl (C=O) groups is 1. The number of methoxy groups -OCH3 is 3. The van der Waals surface area contributed by atoms with Gasteiger partial charge in [0.2, 0.25) is 0 Å². The van der Waals surface area contributed by atoms with E-state index >= 15 is 0 Å². The van der Waals surface area contributed by atoms with Crippen molar-refractivity contribution in [1.29, 1.82) is 0 Å². The van der Waals surface area contributed by atoms with Crippen molar-refractivity contribution in [2.24, 2.45) is 5.16 Å². The first-order valence-electron chi connectivity index (χ1n) is 9.60. The highest BCUT2D eigenvalue weighted by Crippen LogP contribution is 2.33. The summed E-state index contributed by atoms with van der Waals surface area (Å²) in [5.41, 5.74) is 1.87. The Morgan fingerprint density at radius 1 is 1.16 bits per heavy atom. The van der Waals surface area contributed by atoms with Crippen LogP contribution < -0.4 is 9.47 Å². The average Bonchev–Trinajstić information content (AvgIpc) is 2.79. The van der Waals surface area contributed by atoms with Gasteiger partial charge in [0.05, 0.1) is 33.8 Å². The topological polar surface area (TPSA) is 75.6 Å². The summed E-state index contributed by atoms with van der Waals surface area (Å²) < 4.78 is 35.6. The van der Waals surface area contributed by atoms with Crippen LogP contribution in [0.25, 0.3) is 5.57 Å². The first kappa shape index (κ1) is 23.7. The van der Waals surface area contributed by atoms with Crippen molar-refractivity contribution < 1.29 is 33.0 Å². The Labute approximate surface area is 181 Å². The zero-order valence-electron chi connectivity index (χ0n) is 18.0. The fourth-order valence-corrected chi connectivity index (χ4v) is 2.70. The van der Waals surface area contributed by atoms with Crippen molar-refractivity contribution in [3.8, 4) is 11.5 Å². The zero-order chi connectivity index (χ0) is 22.6. The second kappa shape index (κ2) is 12.2. The molecule has 0 fully saturated rings. The van der Waals surface area contributed by atoms with Crippen molar-refractivity contribution in [2.45, 2.75) is 20.0 Å². The van der Waals surface area contributed by atoms with E-state index < -0.39 is 11.8 Å². The molecule has 0 amide bonds. The van der Waals surface area contributed by atoms with Gasteiger partial charge < -0.3 is 23.8 Å². The zero-order valence-corrected chi connectivity index (χ0v) is 18.0. The molecule has 0 aliphatic rings. The van der Waals surface area contributed by atoms with Crippen LogP contribution in [0.4, 0.5) is 4.39 Å². The molecule has 31 heavy (non-hydrogen) atoms. The summed E-state index contributed by atoms with van der Waals surface area (Å²) in [5.74, 6) is -1.03. The van der Waals surface area contributed by atoms with Gasteiger partial charge in [-0.1, -0.05) is 36.3 Å². The Morgan fingerprint density at radius 2 is 1.94 bits per heavy atom. The number of halogens is 1. The number of oxime groups is 1. The van der Waals surface area contributed by atoms with Gasteiger partial charge in [-0.15, -0.1) is 0 Å².